The highest BCUT2D eigenvalue weighted by Gasteiger charge is 2.28. The molecule has 1 unspecified atom stereocenters. The Morgan fingerprint density at radius 2 is 1.33 bits per heavy atom. The van der Waals surface area contributed by atoms with E-state index in [1.807, 2.05) is 24.3 Å². The largest absolute Gasteiger partial charge is 0.399 e. The number of hydrogen-bond donors (Lipinski definition) is 2. The Labute approximate surface area is 158 Å². The molecule has 2 heterocycles. The van der Waals surface area contributed by atoms with E-state index in [0.29, 0.717) is 12.8 Å². The number of piperidine rings is 1. The van der Waals surface area contributed by atoms with E-state index in [1.54, 1.807) is 0 Å². The van der Waals surface area contributed by atoms with Gasteiger partial charge >= 0.3 is 0 Å². The van der Waals surface area contributed by atoms with Crippen LogP contribution in [-0.4, -0.2) is 38.0 Å². The van der Waals surface area contributed by atoms with E-state index < -0.39 is 0 Å². The van der Waals surface area contributed by atoms with E-state index in [9.17, 15) is 9.59 Å². The fourth-order valence-electron chi connectivity index (χ4n) is 3.84. The topological polar surface area (TPSA) is 78.7 Å². The lowest BCUT2D eigenvalue weighted by Crippen LogP contribution is -2.46. The predicted molar refractivity (Wildman–Crippen MR) is 107 cm³/mol. The smallest absolute Gasteiger partial charge is 0.234 e. The minimum Gasteiger partial charge on any atom is -0.399 e. The molecule has 6 heteroatoms. The summed E-state index contributed by atoms with van der Waals surface area (Å²) in [6, 6.07) is 16.2. The Hall–Kier alpha value is -3.02. The summed E-state index contributed by atoms with van der Waals surface area (Å²) < 4.78 is 0. The van der Waals surface area contributed by atoms with Crippen LogP contribution in [0.5, 0.6) is 0 Å². The number of anilines is 3. The van der Waals surface area contributed by atoms with Crippen LogP contribution >= 0.6 is 0 Å². The highest BCUT2D eigenvalue weighted by atomic mass is 16.2. The van der Waals surface area contributed by atoms with Crippen LogP contribution in [0.15, 0.2) is 48.5 Å². The Morgan fingerprint density at radius 1 is 0.815 bits per heavy atom. The van der Waals surface area contributed by atoms with Gasteiger partial charge in [-0.3, -0.25) is 14.9 Å². The van der Waals surface area contributed by atoms with Crippen LogP contribution in [0.2, 0.25) is 0 Å². The molecule has 0 spiro atoms. The zero-order valence-corrected chi connectivity index (χ0v) is 15.2. The highest BCUT2D eigenvalue weighted by molar-refractivity contribution is 6.00. The second-order valence-corrected chi connectivity index (χ2v) is 7.16. The van der Waals surface area contributed by atoms with Crippen LogP contribution < -0.4 is 20.9 Å². The van der Waals surface area contributed by atoms with Gasteiger partial charge in [0.15, 0.2) is 0 Å². The fraction of sp³-hybridized carbons (Fsp3) is 0.333. The number of piperazine rings is 1. The number of nitrogens with two attached hydrogens (primary N) is 1. The van der Waals surface area contributed by atoms with Crippen molar-refractivity contribution < 1.29 is 9.59 Å². The third-order valence-corrected chi connectivity index (χ3v) is 5.44. The first kappa shape index (κ1) is 17.4. The number of nitrogens with zero attached hydrogens (tertiary/aromatic N) is 2. The number of nitrogen functional groups attached to an aromatic ring is 1. The van der Waals surface area contributed by atoms with Crippen LogP contribution in [0.25, 0.3) is 0 Å². The van der Waals surface area contributed by atoms with Gasteiger partial charge in [-0.15, -0.1) is 0 Å². The summed E-state index contributed by atoms with van der Waals surface area (Å²) in [4.78, 5) is 28.1. The number of amides is 2. The van der Waals surface area contributed by atoms with Crippen LogP contribution in [0, 0.1) is 0 Å². The van der Waals surface area contributed by atoms with Crippen molar-refractivity contribution in [1.82, 2.24) is 5.32 Å². The number of benzene rings is 2. The average molecular weight is 364 g/mol. The van der Waals surface area contributed by atoms with Crippen LogP contribution in [0.1, 0.15) is 24.3 Å². The molecule has 2 aromatic rings. The maximum atomic E-state index is 12.0. The van der Waals surface area contributed by atoms with Gasteiger partial charge in [-0.1, -0.05) is 12.1 Å². The number of imide groups is 1. The van der Waals surface area contributed by atoms with Gasteiger partial charge in [0.05, 0.1) is 5.92 Å². The Kier molecular flexibility index (Phi) is 4.71. The van der Waals surface area contributed by atoms with Crippen molar-refractivity contribution >= 4 is 28.9 Å². The number of nitrogens with one attached hydrogen (secondary N) is 1. The molecule has 2 amide bonds. The molecule has 27 heavy (non-hydrogen) atoms. The lowest BCUT2D eigenvalue weighted by molar-refractivity contribution is -0.134. The zero-order chi connectivity index (χ0) is 18.8. The lowest BCUT2D eigenvalue weighted by Gasteiger charge is -2.37. The molecule has 2 saturated heterocycles. The van der Waals surface area contributed by atoms with Gasteiger partial charge in [0, 0.05) is 49.7 Å². The summed E-state index contributed by atoms with van der Waals surface area (Å²) in [6.07, 6.45) is 0.996. The second kappa shape index (κ2) is 7.31. The van der Waals surface area contributed by atoms with Crippen molar-refractivity contribution in [3.05, 3.63) is 54.1 Å². The molecule has 2 aromatic carbocycles. The van der Waals surface area contributed by atoms with Gasteiger partial charge in [0.2, 0.25) is 11.8 Å². The molecule has 0 saturated carbocycles. The lowest BCUT2D eigenvalue weighted by atomic mass is 9.90. The Balaban J connectivity index is 1.38. The van der Waals surface area contributed by atoms with Gasteiger partial charge in [0.25, 0.3) is 0 Å². The van der Waals surface area contributed by atoms with E-state index in [1.165, 1.54) is 11.4 Å². The van der Waals surface area contributed by atoms with E-state index in [2.05, 4.69) is 39.4 Å². The molecule has 1 atom stereocenters. The molecule has 6 nitrogen and oxygen atoms in total. The Bertz CT molecular complexity index is 824. The Morgan fingerprint density at radius 3 is 1.85 bits per heavy atom. The molecular weight excluding hydrogens is 340 g/mol. The normalized spacial score (nSPS) is 20.5. The molecule has 0 aliphatic carbocycles. The van der Waals surface area contributed by atoms with E-state index >= 15 is 0 Å². The highest BCUT2D eigenvalue weighted by Crippen LogP contribution is 2.27. The van der Waals surface area contributed by atoms with Crippen molar-refractivity contribution in [2.24, 2.45) is 0 Å². The first-order valence-electron chi connectivity index (χ1n) is 9.39. The summed E-state index contributed by atoms with van der Waals surface area (Å²) in [6.45, 7) is 3.81. The minimum absolute atomic E-state index is 0.174. The van der Waals surface area contributed by atoms with Crippen molar-refractivity contribution in [3.63, 3.8) is 0 Å². The molecule has 0 bridgehead atoms. The summed E-state index contributed by atoms with van der Waals surface area (Å²) in [5.74, 6) is -0.581. The maximum absolute atomic E-state index is 12.0. The first-order valence-corrected chi connectivity index (χ1v) is 9.39. The van der Waals surface area contributed by atoms with Gasteiger partial charge in [-0.05, 0) is 48.4 Å². The van der Waals surface area contributed by atoms with E-state index in [4.69, 9.17) is 5.73 Å². The zero-order valence-electron chi connectivity index (χ0n) is 15.2. The summed E-state index contributed by atoms with van der Waals surface area (Å²) >= 11 is 0. The van der Waals surface area contributed by atoms with Gasteiger partial charge < -0.3 is 15.5 Å². The van der Waals surface area contributed by atoms with Crippen molar-refractivity contribution in [2.75, 3.05) is 41.7 Å². The average Bonchev–Trinajstić information content (AvgIpc) is 2.69. The van der Waals surface area contributed by atoms with Crippen LogP contribution in [0.4, 0.5) is 17.1 Å². The van der Waals surface area contributed by atoms with Crippen molar-refractivity contribution in [2.45, 2.75) is 18.8 Å². The van der Waals surface area contributed by atoms with E-state index in [-0.39, 0.29) is 17.7 Å². The first-order chi connectivity index (χ1) is 13.1. The quantitative estimate of drug-likeness (QED) is 0.644. The SMILES string of the molecule is Nc1ccc(N2CCN(c3ccc(C4CCC(=O)NC4=O)cc3)CC2)cc1. The maximum Gasteiger partial charge on any atom is 0.234 e. The molecule has 4 rings (SSSR count). The third-order valence-electron chi connectivity index (χ3n) is 5.44. The van der Waals surface area contributed by atoms with Crippen LogP contribution in [0.3, 0.4) is 0 Å². The molecule has 2 fully saturated rings. The molecule has 2 aliphatic rings. The van der Waals surface area contributed by atoms with Gasteiger partial charge in [0.1, 0.15) is 0 Å². The number of carbonyl (C=O) groups excluding carboxylic acids is 2. The van der Waals surface area contributed by atoms with Gasteiger partial charge in [-0.25, -0.2) is 0 Å². The van der Waals surface area contributed by atoms with E-state index in [0.717, 1.165) is 37.4 Å². The summed E-state index contributed by atoms with van der Waals surface area (Å²) in [5, 5.41) is 2.43. The van der Waals surface area contributed by atoms with Crippen molar-refractivity contribution in [3.8, 4) is 0 Å². The molecular formula is C21H24N4O2. The molecule has 2 aliphatic heterocycles. The number of carbonyl (C=O) groups is 2. The monoisotopic (exact) mass is 364 g/mol. The second-order valence-electron chi connectivity index (χ2n) is 7.16. The fourth-order valence-corrected chi connectivity index (χ4v) is 3.84. The number of rotatable bonds is 3. The van der Waals surface area contributed by atoms with Crippen molar-refractivity contribution in [1.29, 1.82) is 0 Å². The molecule has 140 valence electrons. The molecule has 0 aromatic heterocycles. The van der Waals surface area contributed by atoms with Gasteiger partial charge in [-0.2, -0.15) is 0 Å². The summed E-state index contributed by atoms with van der Waals surface area (Å²) in [7, 11) is 0. The molecule has 3 N–H and O–H groups in total. The number of hydrogen-bond acceptors (Lipinski definition) is 5. The van der Waals surface area contributed by atoms with Crippen LogP contribution in [-0.2, 0) is 9.59 Å². The summed E-state index contributed by atoms with van der Waals surface area (Å²) in [5.41, 5.74) is 9.90. The third kappa shape index (κ3) is 3.74. The standard InChI is InChI=1S/C21H24N4O2/c22-16-3-7-18(8-4-16)25-13-11-24(12-14-25)17-5-1-15(2-6-17)19-9-10-20(26)23-21(19)27/h1-8,19H,9-14,22H2,(H,23,26,27). The molecule has 0 radical (unpaired) electrons. The predicted octanol–water partition coefficient (Wildman–Crippen LogP) is 2.12. The minimum atomic E-state index is -0.223.